The second-order valence-corrected chi connectivity index (χ2v) is 8.35. The van der Waals surface area contributed by atoms with Gasteiger partial charge in [-0.2, -0.15) is 0 Å². The highest BCUT2D eigenvalue weighted by atomic mass is 16.5. The summed E-state index contributed by atoms with van der Waals surface area (Å²) in [6.07, 6.45) is 20.1. The molecule has 33 heavy (non-hydrogen) atoms. The van der Waals surface area contributed by atoms with Gasteiger partial charge in [-0.1, -0.05) is 37.3 Å². The molecule has 0 radical (unpaired) electrons. The summed E-state index contributed by atoms with van der Waals surface area (Å²) >= 11 is 0. The van der Waals surface area contributed by atoms with Crippen molar-refractivity contribution in [3.63, 3.8) is 0 Å². The molecule has 0 bridgehead atoms. The SMILES string of the molecule is C#CCCCC(=C)CCC(C)C=CCCC(=O)NCCC(=CC(=O)N1C(=O)C=CC1C)OC. The van der Waals surface area contributed by atoms with Crippen LogP contribution in [0.5, 0.6) is 0 Å². The second kappa shape index (κ2) is 15.7. The molecule has 1 heterocycles. The van der Waals surface area contributed by atoms with Crippen LogP contribution in [-0.4, -0.2) is 42.3 Å². The quantitative estimate of drug-likeness (QED) is 0.130. The summed E-state index contributed by atoms with van der Waals surface area (Å²) in [6.45, 7) is 8.40. The summed E-state index contributed by atoms with van der Waals surface area (Å²) in [6, 6.07) is -0.271. The number of nitrogens with zero attached hydrogens (tertiary/aromatic N) is 1. The van der Waals surface area contributed by atoms with Crippen LogP contribution in [0.15, 0.2) is 48.3 Å². The summed E-state index contributed by atoms with van der Waals surface area (Å²) in [5.41, 5.74) is 1.24. The van der Waals surface area contributed by atoms with Gasteiger partial charge in [-0.3, -0.25) is 19.3 Å². The maximum absolute atomic E-state index is 12.3. The zero-order valence-electron chi connectivity index (χ0n) is 20.3. The third kappa shape index (κ3) is 11.4. The summed E-state index contributed by atoms with van der Waals surface area (Å²) < 4.78 is 5.23. The molecule has 0 saturated carbocycles. The third-order valence-corrected chi connectivity index (χ3v) is 5.45. The van der Waals surface area contributed by atoms with E-state index in [1.54, 1.807) is 13.0 Å². The van der Waals surface area contributed by atoms with E-state index in [0.717, 1.165) is 32.1 Å². The van der Waals surface area contributed by atoms with Crippen LogP contribution in [0.4, 0.5) is 0 Å². The molecule has 2 atom stereocenters. The molecule has 0 aromatic carbocycles. The number of terminal acetylenes is 1. The fraction of sp³-hybridized carbons (Fsp3) is 0.519. The number of nitrogens with one attached hydrogen (secondary N) is 1. The Bertz CT molecular complexity index is 816. The van der Waals surface area contributed by atoms with E-state index in [2.05, 4.69) is 30.8 Å². The predicted molar refractivity (Wildman–Crippen MR) is 132 cm³/mol. The van der Waals surface area contributed by atoms with E-state index in [4.69, 9.17) is 11.2 Å². The van der Waals surface area contributed by atoms with E-state index in [1.165, 1.54) is 29.7 Å². The molecule has 1 rings (SSSR count). The van der Waals surface area contributed by atoms with Gasteiger partial charge >= 0.3 is 0 Å². The standard InChI is InChI=1S/C27H38N2O4/c1-6-7-8-11-21(2)14-15-22(3)12-9-10-13-25(30)28-19-18-24(33-5)20-27(32)29-23(4)16-17-26(29)31/h1,9,12,16-17,20,22-23H,2,7-8,10-11,13-15,18-19H2,3-5H3,(H,28,30). The first-order valence-electron chi connectivity index (χ1n) is 11.6. The van der Waals surface area contributed by atoms with Crippen LogP contribution in [-0.2, 0) is 19.1 Å². The lowest BCUT2D eigenvalue weighted by atomic mass is 9.98. The third-order valence-electron chi connectivity index (χ3n) is 5.45. The Kier molecular flexibility index (Phi) is 13.3. The van der Waals surface area contributed by atoms with E-state index in [0.29, 0.717) is 37.5 Å². The Hall–Kier alpha value is -3.07. The molecule has 6 nitrogen and oxygen atoms in total. The van der Waals surface area contributed by atoms with Crippen molar-refractivity contribution in [3.8, 4) is 12.3 Å². The fourth-order valence-corrected chi connectivity index (χ4v) is 3.39. The van der Waals surface area contributed by atoms with E-state index in [9.17, 15) is 14.4 Å². The summed E-state index contributed by atoms with van der Waals surface area (Å²) in [7, 11) is 1.47. The van der Waals surface area contributed by atoms with Crippen molar-refractivity contribution in [1.29, 1.82) is 0 Å². The molecule has 3 amide bonds. The number of rotatable bonds is 15. The first kappa shape index (κ1) is 28.0. The van der Waals surface area contributed by atoms with Gasteiger partial charge in [0.1, 0.15) is 5.76 Å². The number of unbranched alkanes of at least 4 members (excludes halogenated alkanes) is 1. The van der Waals surface area contributed by atoms with Crippen LogP contribution in [0.2, 0.25) is 0 Å². The average Bonchev–Trinajstić information content (AvgIpc) is 3.12. The number of methoxy groups -OCH3 is 1. The van der Waals surface area contributed by atoms with Gasteiger partial charge < -0.3 is 10.1 Å². The topological polar surface area (TPSA) is 75.7 Å². The van der Waals surface area contributed by atoms with Gasteiger partial charge in [-0.25, -0.2) is 0 Å². The number of hydrogen-bond acceptors (Lipinski definition) is 4. The lowest BCUT2D eigenvalue weighted by Gasteiger charge is -2.18. The number of ether oxygens (including phenoxy) is 1. The Balaban J connectivity index is 2.25. The molecule has 0 aromatic rings. The maximum atomic E-state index is 12.3. The van der Waals surface area contributed by atoms with Crippen LogP contribution in [0.25, 0.3) is 0 Å². The average molecular weight is 455 g/mol. The van der Waals surface area contributed by atoms with Gasteiger partial charge in [-0.05, 0) is 44.9 Å². The van der Waals surface area contributed by atoms with E-state index >= 15 is 0 Å². The molecule has 1 aliphatic rings. The molecule has 0 fully saturated rings. The summed E-state index contributed by atoms with van der Waals surface area (Å²) in [5.74, 6) is 2.70. The van der Waals surface area contributed by atoms with Crippen LogP contribution < -0.4 is 5.32 Å². The van der Waals surface area contributed by atoms with Crippen molar-refractivity contribution >= 4 is 17.7 Å². The van der Waals surface area contributed by atoms with Crippen LogP contribution >= 0.6 is 0 Å². The molecular weight excluding hydrogens is 416 g/mol. The van der Waals surface area contributed by atoms with Crippen LogP contribution in [0, 0.1) is 18.3 Å². The molecule has 180 valence electrons. The molecule has 1 N–H and O–H groups in total. The highest BCUT2D eigenvalue weighted by molar-refractivity contribution is 6.07. The number of carbonyl (C=O) groups excluding carboxylic acids is 3. The molecule has 0 aliphatic carbocycles. The molecular formula is C27H38N2O4. The largest absolute Gasteiger partial charge is 0.501 e. The molecule has 6 heteroatoms. The number of imide groups is 1. The minimum absolute atomic E-state index is 0.0523. The Morgan fingerprint density at radius 3 is 2.73 bits per heavy atom. The van der Waals surface area contributed by atoms with Gasteiger partial charge in [-0.15, -0.1) is 12.3 Å². The van der Waals surface area contributed by atoms with Crippen molar-refractivity contribution in [3.05, 3.63) is 48.3 Å². The molecule has 2 unspecified atom stereocenters. The fourth-order valence-electron chi connectivity index (χ4n) is 3.39. The van der Waals surface area contributed by atoms with Gasteiger partial charge in [0.15, 0.2) is 0 Å². The smallest absolute Gasteiger partial charge is 0.257 e. The van der Waals surface area contributed by atoms with Gasteiger partial charge in [0.25, 0.3) is 11.8 Å². The molecule has 0 saturated heterocycles. The van der Waals surface area contributed by atoms with E-state index in [1.807, 2.05) is 6.08 Å². The Morgan fingerprint density at radius 1 is 1.33 bits per heavy atom. The number of allylic oxidation sites excluding steroid dienone is 3. The van der Waals surface area contributed by atoms with E-state index in [-0.39, 0.29) is 17.9 Å². The van der Waals surface area contributed by atoms with Crippen molar-refractivity contribution in [1.82, 2.24) is 10.2 Å². The Labute approximate surface area is 198 Å². The number of hydrogen-bond donors (Lipinski definition) is 1. The van der Waals surface area contributed by atoms with Crippen molar-refractivity contribution in [2.45, 2.75) is 71.3 Å². The zero-order valence-corrected chi connectivity index (χ0v) is 20.3. The van der Waals surface area contributed by atoms with E-state index < -0.39 is 5.91 Å². The summed E-state index contributed by atoms with van der Waals surface area (Å²) in [5, 5.41) is 2.84. The van der Waals surface area contributed by atoms with Crippen LogP contribution in [0.1, 0.15) is 65.2 Å². The number of amides is 3. The van der Waals surface area contributed by atoms with Crippen molar-refractivity contribution in [2.75, 3.05) is 13.7 Å². The number of carbonyl (C=O) groups is 3. The second-order valence-electron chi connectivity index (χ2n) is 8.35. The summed E-state index contributed by atoms with van der Waals surface area (Å²) in [4.78, 5) is 37.3. The minimum Gasteiger partial charge on any atom is -0.501 e. The zero-order chi connectivity index (χ0) is 24.6. The predicted octanol–water partition coefficient (Wildman–Crippen LogP) is 4.45. The molecule has 0 spiro atoms. The molecule has 0 aromatic heterocycles. The van der Waals surface area contributed by atoms with Crippen molar-refractivity contribution in [2.24, 2.45) is 5.92 Å². The monoisotopic (exact) mass is 454 g/mol. The molecule has 1 aliphatic heterocycles. The first-order chi connectivity index (χ1) is 15.8. The first-order valence-corrected chi connectivity index (χ1v) is 11.6. The lowest BCUT2D eigenvalue weighted by Crippen LogP contribution is -2.37. The van der Waals surface area contributed by atoms with Crippen LogP contribution in [0.3, 0.4) is 0 Å². The normalized spacial score (nSPS) is 16.7. The maximum Gasteiger partial charge on any atom is 0.257 e. The highest BCUT2D eigenvalue weighted by Gasteiger charge is 2.27. The lowest BCUT2D eigenvalue weighted by molar-refractivity contribution is -0.139. The van der Waals surface area contributed by atoms with Gasteiger partial charge in [0.2, 0.25) is 5.91 Å². The van der Waals surface area contributed by atoms with Crippen molar-refractivity contribution < 1.29 is 19.1 Å². The Morgan fingerprint density at radius 2 is 2.09 bits per heavy atom. The van der Waals surface area contributed by atoms with Gasteiger partial charge in [0.05, 0.1) is 13.2 Å². The minimum atomic E-state index is -0.420. The van der Waals surface area contributed by atoms with Gasteiger partial charge in [0, 0.05) is 38.0 Å². The highest BCUT2D eigenvalue weighted by Crippen LogP contribution is 2.17.